The molecule has 2 aromatic rings. The van der Waals surface area contributed by atoms with E-state index in [2.05, 4.69) is 54.6 Å². The third-order valence-corrected chi connectivity index (χ3v) is 3.96. The SMILES string of the molecule is C#CC1CN(C)Cc2c1n(C)c1ccc(C)cc21. The van der Waals surface area contributed by atoms with Crippen LogP contribution in [0.2, 0.25) is 0 Å². The molecule has 92 valence electrons. The number of rotatable bonds is 0. The van der Waals surface area contributed by atoms with Crippen LogP contribution in [0.25, 0.3) is 10.9 Å². The van der Waals surface area contributed by atoms with E-state index in [1.807, 2.05) is 0 Å². The van der Waals surface area contributed by atoms with Crippen molar-refractivity contribution in [2.24, 2.45) is 7.05 Å². The zero-order valence-corrected chi connectivity index (χ0v) is 11.2. The summed E-state index contributed by atoms with van der Waals surface area (Å²) in [4.78, 5) is 2.31. The van der Waals surface area contributed by atoms with Gasteiger partial charge in [-0.1, -0.05) is 17.6 Å². The lowest BCUT2D eigenvalue weighted by molar-refractivity contribution is 0.298. The van der Waals surface area contributed by atoms with Gasteiger partial charge >= 0.3 is 0 Å². The number of benzene rings is 1. The Morgan fingerprint density at radius 2 is 2.11 bits per heavy atom. The molecule has 1 unspecified atom stereocenters. The summed E-state index contributed by atoms with van der Waals surface area (Å²) in [5, 5.41) is 1.36. The van der Waals surface area contributed by atoms with Crippen molar-refractivity contribution in [3.63, 3.8) is 0 Å². The Labute approximate surface area is 108 Å². The predicted octanol–water partition coefficient (Wildman–Crippen LogP) is 2.65. The van der Waals surface area contributed by atoms with Crippen LogP contribution < -0.4 is 0 Å². The van der Waals surface area contributed by atoms with E-state index in [1.54, 1.807) is 0 Å². The average molecular weight is 238 g/mol. The Hall–Kier alpha value is -1.72. The fraction of sp³-hybridized carbons (Fsp3) is 0.375. The van der Waals surface area contributed by atoms with Gasteiger partial charge in [-0.2, -0.15) is 0 Å². The zero-order chi connectivity index (χ0) is 12.9. The Bertz CT molecular complexity index is 658. The first-order valence-electron chi connectivity index (χ1n) is 6.34. The summed E-state index contributed by atoms with van der Waals surface area (Å²) >= 11 is 0. The predicted molar refractivity (Wildman–Crippen MR) is 75.6 cm³/mol. The van der Waals surface area contributed by atoms with E-state index in [0.717, 1.165) is 13.1 Å². The van der Waals surface area contributed by atoms with E-state index in [4.69, 9.17) is 6.42 Å². The molecular weight excluding hydrogens is 220 g/mol. The Morgan fingerprint density at radius 1 is 1.33 bits per heavy atom. The molecule has 1 aromatic heterocycles. The van der Waals surface area contributed by atoms with Crippen LogP contribution in [0.5, 0.6) is 0 Å². The molecule has 18 heavy (non-hydrogen) atoms. The van der Waals surface area contributed by atoms with Gasteiger partial charge in [0.05, 0.1) is 5.92 Å². The Kier molecular flexibility index (Phi) is 2.46. The smallest absolute Gasteiger partial charge is 0.0732 e. The largest absolute Gasteiger partial charge is 0.346 e. The second-order valence-corrected chi connectivity index (χ2v) is 5.36. The van der Waals surface area contributed by atoms with E-state index in [-0.39, 0.29) is 5.92 Å². The van der Waals surface area contributed by atoms with Crippen LogP contribution in [0.4, 0.5) is 0 Å². The van der Waals surface area contributed by atoms with Gasteiger partial charge in [-0.3, -0.25) is 0 Å². The minimum Gasteiger partial charge on any atom is -0.346 e. The summed E-state index contributed by atoms with van der Waals surface area (Å²) in [6, 6.07) is 6.65. The molecule has 3 rings (SSSR count). The number of aryl methyl sites for hydroxylation is 2. The van der Waals surface area contributed by atoms with Crippen molar-refractivity contribution in [3.05, 3.63) is 35.0 Å². The monoisotopic (exact) mass is 238 g/mol. The molecule has 2 nitrogen and oxygen atoms in total. The molecule has 1 aliphatic rings. The molecular formula is C16H18N2. The van der Waals surface area contributed by atoms with Crippen LogP contribution in [0.3, 0.4) is 0 Å². The maximum atomic E-state index is 5.71. The second kappa shape index (κ2) is 3.90. The van der Waals surface area contributed by atoms with Crippen LogP contribution in [0.15, 0.2) is 18.2 Å². The van der Waals surface area contributed by atoms with Crippen molar-refractivity contribution >= 4 is 10.9 Å². The summed E-state index contributed by atoms with van der Waals surface area (Å²) in [6.45, 7) is 4.09. The van der Waals surface area contributed by atoms with Gasteiger partial charge in [0.25, 0.3) is 0 Å². The summed E-state index contributed by atoms with van der Waals surface area (Å²) in [7, 11) is 4.27. The molecule has 1 aromatic carbocycles. The van der Waals surface area contributed by atoms with Gasteiger partial charge in [0.2, 0.25) is 0 Å². The number of aromatic nitrogens is 1. The summed E-state index contributed by atoms with van der Waals surface area (Å²) in [6.07, 6.45) is 5.71. The molecule has 0 saturated heterocycles. The minimum atomic E-state index is 0.205. The highest BCUT2D eigenvalue weighted by Gasteiger charge is 2.27. The molecule has 0 saturated carbocycles. The van der Waals surface area contributed by atoms with Crippen molar-refractivity contribution in [1.29, 1.82) is 0 Å². The molecule has 0 amide bonds. The molecule has 1 aliphatic heterocycles. The topological polar surface area (TPSA) is 8.17 Å². The van der Waals surface area contributed by atoms with Crippen LogP contribution in [-0.4, -0.2) is 23.1 Å². The zero-order valence-electron chi connectivity index (χ0n) is 11.2. The van der Waals surface area contributed by atoms with Crippen LogP contribution in [-0.2, 0) is 13.6 Å². The number of likely N-dealkylation sites (N-methyl/N-ethyl adjacent to an activating group) is 1. The van der Waals surface area contributed by atoms with Crippen molar-refractivity contribution in [2.45, 2.75) is 19.4 Å². The lowest BCUT2D eigenvalue weighted by Gasteiger charge is -2.28. The minimum absolute atomic E-state index is 0.205. The van der Waals surface area contributed by atoms with Crippen LogP contribution in [0.1, 0.15) is 22.7 Å². The molecule has 1 atom stereocenters. The van der Waals surface area contributed by atoms with Gasteiger partial charge in [-0.15, -0.1) is 6.42 Å². The summed E-state index contributed by atoms with van der Waals surface area (Å²) in [5.41, 5.74) is 5.34. The standard InChI is InChI=1S/C16H18N2/c1-5-12-9-17(3)10-14-13-8-11(2)6-7-15(13)18(4)16(12)14/h1,6-8,12H,9-10H2,2-4H3. The number of nitrogens with zero attached hydrogens (tertiary/aromatic N) is 2. The molecule has 2 heteroatoms. The second-order valence-electron chi connectivity index (χ2n) is 5.36. The third kappa shape index (κ3) is 1.48. The van der Waals surface area contributed by atoms with E-state index in [9.17, 15) is 0 Å². The summed E-state index contributed by atoms with van der Waals surface area (Å²) in [5.74, 6) is 3.15. The van der Waals surface area contributed by atoms with Crippen molar-refractivity contribution < 1.29 is 0 Å². The maximum Gasteiger partial charge on any atom is 0.0732 e. The van der Waals surface area contributed by atoms with Gasteiger partial charge in [0.15, 0.2) is 0 Å². The maximum absolute atomic E-state index is 5.71. The molecule has 2 heterocycles. The average Bonchev–Trinajstić information content (AvgIpc) is 2.62. The molecule has 0 N–H and O–H groups in total. The van der Waals surface area contributed by atoms with Crippen LogP contribution in [0, 0.1) is 19.3 Å². The van der Waals surface area contributed by atoms with Gasteiger partial charge in [-0.05, 0) is 31.7 Å². The van der Waals surface area contributed by atoms with Crippen molar-refractivity contribution in [2.75, 3.05) is 13.6 Å². The van der Waals surface area contributed by atoms with Gasteiger partial charge in [-0.25, -0.2) is 0 Å². The molecule has 0 spiro atoms. The van der Waals surface area contributed by atoms with E-state index >= 15 is 0 Å². The lowest BCUT2D eigenvalue weighted by atomic mass is 9.95. The third-order valence-electron chi connectivity index (χ3n) is 3.96. The number of hydrogen-bond donors (Lipinski definition) is 0. The molecule has 0 fully saturated rings. The molecule has 0 radical (unpaired) electrons. The number of hydrogen-bond acceptors (Lipinski definition) is 1. The van der Waals surface area contributed by atoms with Gasteiger partial charge < -0.3 is 9.47 Å². The van der Waals surface area contributed by atoms with Crippen molar-refractivity contribution in [1.82, 2.24) is 9.47 Å². The normalized spacial score (nSPS) is 19.8. The number of fused-ring (bicyclic) bond motifs is 3. The highest BCUT2D eigenvalue weighted by atomic mass is 15.1. The quantitative estimate of drug-likeness (QED) is 0.641. The van der Waals surface area contributed by atoms with E-state index in [1.165, 1.54) is 27.7 Å². The Balaban J connectivity index is 2.36. The highest BCUT2D eigenvalue weighted by molar-refractivity contribution is 5.87. The fourth-order valence-electron chi connectivity index (χ4n) is 3.13. The fourth-order valence-corrected chi connectivity index (χ4v) is 3.13. The van der Waals surface area contributed by atoms with Crippen LogP contribution >= 0.6 is 0 Å². The van der Waals surface area contributed by atoms with Gasteiger partial charge in [0.1, 0.15) is 0 Å². The first-order chi connectivity index (χ1) is 8.61. The molecule has 0 aliphatic carbocycles. The first kappa shape index (κ1) is 11.4. The Morgan fingerprint density at radius 3 is 2.83 bits per heavy atom. The number of terminal acetylenes is 1. The lowest BCUT2D eigenvalue weighted by Crippen LogP contribution is -2.30. The van der Waals surface area contributed by atoms with Gasteiger partial charge in [0, 0.05) is 36.7 Å². The summed E-state index contributed by atoms with van der Waals surface area (Å²) < 4.78 is 2.28. The van der Waals surface area contributed by atoms with E-state index < -0.39 is 0 Å². The molecule has 0 bridgehead atoms. The van der Waals surface area contributed by atoms with Crippen molar-refractivity contribution in [3.8, 4) is 12.3 Å². The first-order valence-corrected chi connectivity index (χ1v) is 6.34. The van der Waals surface area contributed by atoms with E-state index in [0.29, 0.717) is 0 Å². The highest BCUT2D eigenvalue weighted by Crippen LogP contribution is 2.35.